The van der Waals surface area contributed by atoms with Gasteiger partial charge in [0.05, 0.1) is 13.2 Å². The number of ether oxygens (including phenoxy) is 4. The summed E-state index contributed by atoms with van der Waals surface area (Å²) in [6.45, 7) is 0.267. The number of benzene rings is 2. The molecule has 0 radical (unpaired) electrons. The van der Waals surface area contributed by atoms with Crippen LogP contribution >= 0.6 is 0 Å². The predicted molar refractivity (Wildman–Crippen MR) is 86.0 cm³/mol. The van der Waals surface area contributed by atoms with Gasteiger partial charge in [-0.1, -0.05) is 60.7 Å². The molecule has 1 N–H and O–H groups in total. The van der Waals surface area contributed by atoms with E-state index in [1.54, 1.807) is 0 Å². The Hall–Kier alpha value is -1.76. The second-order valence-corrected chi connectivity index (χ2v) is 5.95. The number of aliphatic hydroxyl groups excluding tert-OH is 1. The molecule has 2 aliphatic rings. The van der Waals surface area contributed by atoms with Crippen LogP contribution in [0.5, 0.6) is 0 Å². The molecule has 2 aromatic rings. The average Bonchev–Trinajstić information content (AvgIpc) is 2.68. The summed E-state index contributed by atoms with van der Waals surface area (Å²) < 4.78 is 23.8. The quantitative estimate of drug-likeness (QED) is 0.938. The van der Waals surface area contributed by atoms with Crippen molar-refractivity contribution in [2.45, 2.75) is 30.9 Å². The Labute approximate surface area is 140 Å². The van der Waals surface area contributed by atoms with Gasteiger partial charge >= 0.3 is 0 Å². The minimum absolute atomic E-state index is 0.130. The molecular formula is C19H20O5. The highest BCUT2D eigenvalue weighted by Gasteiger charge is 2.45. The normalized spacial score (nSPS) is 33.0. The monoisotopic (exact) mass is 328 g/mol. The van der Waals surface area contributed by atoms with Gasteiger partial charge in [0, 0.05) is 11.1 Å². The summed E-state index contributed by atoms with van der Waals surface area (Å²) in [7, 11) is 0. The van der Waals surface area contributed by atoms with E-state index in [0.29, 0.717) is 6.61 Å². The van der Waals surface area contributed by atoms with Crippen LogP contribution in [0.2, 0.25) is 0 Å². The first-order valence-corrected chi connectivity index (χ1v) is 8.14. The third-order valence-electron chi connectivity index (χ3n) is 4.35. The highest BCUT2D eigenvalue weighted by Crippen LogP contribution is 2.37. The van der Waals surface area contributed by atoms with Gasteiger partial charge in [0.2, 0.25) is 0 Å². The van der Waals surface area contributed by atoms with Gasteiger partial charge in [-0.05, 0) is 0 Å². The number of hydrogen-bond donors (Lipinski definition) is 1. The zero-order chi connectivity index (χ0) is 16.4. The van der Waals surface area contributed by atoms with E-state index >= 15 is 0 Å². The molecular weight excluding hydrogens is 308 g/mol. The molecule has 0 amide bonds. The zero-order valence-corrected chi connectivity index (χ0v) is 13.2. The molecule has 2 aliphatic heterocycles. The maximum Gasteiger partial charge on any atom is 0.184 e. The molecule has 0 aromatic heterocycles. The lowest BCUT2D eigenvalue weighted by Crippen LogP contribution is -2.55. The molecule has 0 saturated carbocycles. The van der Waals surface area contributed by atoms with E-state index in [0.717, 1.165) is 11.1 Å². The van der Waals surface area contributed by atoms with Crippen molar-refractivity contribution in [2.24, 2.45) is 0 Å². The Balaban J connectivity index is 1.51. The first-order valence-electron chi connectivity index (χ1n) is 8.14. The molecule has 24 heavy (non-hydrogen) atoms. The van der Waals surface area contributed by atoms with Gasteiger partial charge in [0.1, 0.15) is 18.3 Å². The van der Waals surface area contributed by atoms with E-state index in [4.69, 9.17) is 18.9 Å². The van der Waals surface area contributed by atoms with E-state index in [9.17, 15) is 5.11 Å². The number of aliphatic hydroxyl groups is 1. The maximum atomic E-state index is 9.75. The van der Waals surface area contributed by atoms with E-state index in [-0.39, 0.29) is 18.8 Å². The van der Waals surface area contributed by atoms with Crippen molar-refractivity contribution >= 4 is 0 Å². The van der Waals surface area contributed by atoms with Crippen molar-refractivity contribution in [3.63, 3.8) is 0 Å². The highest BCUT2D eigenvalue weighted by atomic mass is 16.8. The van der Waals surface area contributed by atoms with Gasteiger partial charge in [-0.2, -0.15) is 0 Å². The molecule has 5 atom stereocenters. The summed E-state index contributed by atoms with van der Waals surface area (Å²) in [6.07, 6.45) is -2.09. The van der Waals surface area contributed by atoms with Crippen LogP contribution in [0.1, 0.15) is 23.7 Å². The van der Waals surface area contributed by atoms with Crippen molar-refractivity contribution < 1.29 is 24.1 Å². The standard InChI is InChI=1S/C19H20O5/c20-11-15-17-16(23-19(22-15)14-9-5-2-6-10-14)12-21-18(24-17)13-7-3-1-4-8-13/h1-10,15-20H,11-12H2. The fourth-order valence-electron chi connectivity index (χ4n) is 3.12. The van der Waals surface area contributed by atoms with Gasteiger partial charge in [-0.15, -0.1) is 0 Å². The smallest absolute Gasteiger partial charge is 0.184 e. The molecule has 126 valence electrons. The van der Waals surface area contributed by atoms with Crippen LogP contribution in [0.25, 0.3) is 0 Å². The molecule has 0 bridgehead atoms. The number of rotatable bonds is 3. The molecule has 5 heteroatoms. The van der Waals surface area contributed by atoms with Crippen molar-refractivity contribution in [3.05, 3.63) is 71.8 Å². The molecule has 2 heterocycles. The topological polar surface area (TPSA) is 57.2 Å². The Bertz CT molecular complexity index is 639. The minimum Gasteiger partial charge on any atom is -0.394 e. The summed E-state index contributed by atoms with van der Waals surface area (Å²) in [5.41, 5.74) is 1.86. The molecule has 2 fully saturated rings. The lowest BCUT2D eigenvalue weighted by molar-refractivity contribution is -0.366. The molecule has 0 aliphatic carbocycles. The Morgan fingerprint density at radius 1 is 0.792 bits per heavy atom. The molecule has 2 aromatic carbocycles. The lowest BCUT2D eigenvalue weighted by Gasteiger charge is -2.45. The fraction of sp³-hybridized carbons (Fsp3) is 0.368. The van der Waals surface area contributed by atoms with Crippen LogP contribution in [-0.2, 0) is 18.9 Å². The van der Waals surface area contributed by atoms with Crippen molar-refractivity contribution in [1.82, 2.24) is 0 Å². The van der Waals surface area contributed by atoms with E-state index in [1.165, 1.54) is 0 Å². The predicted octanol–water partition coefficient (Wildman–Crippen LogP) is 2.58. The van der Waals surface area contributed by atoms with Crippen LogP contribution in [0.4, 0.5) is 0 Å². The van der Waals surface area contributed by atoms with Crippen molar-refractivity contribution in [1.29, 1.82) is 0 Å². The largest absolute Gasteiger partial charge is 0.394 e. The first kappa shape index (κ1) is 15.7. The second-order valence-electron chi connectivity index (χ2n) is 5.95. The van der Waals surface area contributed by atoms with Gasteiger partial charge in [-0.3, -0.25) is 0 Å². The lowest BCUT2D eigenvalue weighted by atomic mass is 10.0. The van der Waals surface area contributed by atoms with Crippen molar-refractivity contribution in [2.75, 3.05) is 13.2 Å². The summed E-state index contributed by atoms with van der Waals surface area (Å²) in [6, 6.07) is 19.4. The van der Waals surface area contributed by atoms with Crippen LogP contribution in [0.3, 0.4) is 0 Å². The molecule has 4 rings (SSSR count). The zero-order valence-electron chi connectivity index (χ0n) is 13.2. The van der Waals surface area contributed by atoms with Crippen LogP contribution < -0.4 is 0 Å². The molecule has 5 nitrogen and oxygen atoms in total. The highest BCUT2D eigenvalue weighted by molar-refractivity contribution is 5.18. The van der Waals surface area contributed by atoms with Crippen LogP contribution in [0, 0.1) is 0 Å². The summed E-state index contributed by atoms with van der Waals surface area (Å²) in [5, 5.41) is 9.75. The molecule has 5 unspecified atom stereocenters. The van der Waals surface area contributed by atoms with Crippen LogP contribution in [0.15, 0.2) is 60.7 Å². The SMILES string of the molecule is OCC1OC(c2ccccc2)OC2COC(c3ccccc3)OC12. The Kier molecular flexibility index (Phi) is 4.60. The average molecular weight is 328 g/mol. The van der Waals surface area contributed by atoms with E-state index in [2.05, 4.69) is 0 Å². The third-order valence-corrected chi connectivity index (χ3v) is 4.35. The van der Waals surface area contributed by atoms with Gasteiger partial charge in [0.25, 0.3) is 0 Å². The van der Waals surface area contributed by atoms with Crippen LogP contribution in [-0.4, -0.2) is 36.6 Å². The molecule has 2 saturated heterocycles. The maximum absolute atomic E-state index is 9.75. The fourth-order valence-corrected chi connectivity index (χ4v) is 3.12. The van der Waals surface area contributed by atoms with E-state index < -0.39 is 18.7 Å². The summed E-state index contributed by atoms with van der Waals surface area (Å²) >= 11 is 0. The van der Waals surface area contributed by atoms with Crippen molar-refractivity contribution in [3.8, 4) is 0 Å². The van der Waals surface area contributed by atoms with E-state index in [1.807, 2.05) is 60.7 Å². The molecule has 0 spiro atoms. The number of fused-ring (bicyclic) bond motifs is 1. The Morgan fingerprint density at radius 3 is 2.04 bits per heavy atom. The second kappa shape index (κ2) is 7.01. The minimum atomic E-state index is -0.523. The summed E-state index contributed by atoms with van der Waals surface area (Å²) in [5.74, 6) is 0. The first-order chi connectivity index (χ1) is 11.8. The number of hydrogen-bond acceptors (Lipinski definition) is 5. The Morgan fingerprint density at radius 2 is 1.42 bits per heavy atom. The summed E-state index contributed by atoms with van der Waals surface area (Å²) in [4.78, 5) is 0. The third kappa shape index (κ3) is 3.09. The van der Waals surface area contributed by atoms with Gasteiger partial charge in [-0.25, -0.2) is 0 Å². The van der Waals surface area contributed by atoms with Gasteiger partial charge in [0.15, 0.2) is 12.6 Å². The van der Waals surface area contributed by atoms with Gasteiger partial charge < -0.3 is 24.1 Å².